The summed E-state index contributed by atoms with van der Waals surface area (Å²) in [5.41, 5.74) is -2.17. The number of ketones is 1. The second-order valence-electron chi connectivity index (χ2n) is 5.56. The van der Waals surface area contributed by atoms with Crippen molar-refractivity contribution in [2.45, 2.75) is 24.5 Å². The summed E-state index contributed by atoms with van der Waals surface area (Å²) in [6.45, 7) is 0. The Morgan fingerprint density at radius 2 is 1.69 bits per heavy atom. The topological polar surface area (TPSA) is 110 Å². The highest BCUT2D eigenvalue weighted by Gasteiger charge is 2.60. The minimum absolute atomic E-state index is 0.121. The molecule has 136 valence electrons. The zero-order valence-electron chi connectivity index (χ0n) is 12.9. The Bertz CT molecular complexity index is 815. The molecule has 9 nitrogen and oxygen atoms in total. The standard InChI is InChI=1S/C15H10Br2N2O7/c16-18-10(20)6-9(13(18)23)25-26-15(7-11(21)19(17)14(15)24)12(22)8-4-2-1-3-5-8/h1-5,9H,6-7H2. The summed E-state index contributed by atoms with van der Waals surface area (Å²) in [5, 5.41) is 0. The molecule has 1 aromatic carbocycles. The molecular formula is C15H10Br2N2O7. The van der Waals surface area contributed by atoms with E-state index in [1.54, 1.807) is 18.2 Å². The third-order valence-corrected chi connectivity index (χ3v) is 5.36. The van der Waals surface area contributed by atoms with Crippen LogP contribution in [0, 0.1) is 0 Å². The van der Waals surface area contributed by atoms with Crippen molar-refractivity contribution in [2.24, 2.45) is 0 Å². The van der Waals surface area contributed by atoms with E-state index in [0.29, 0.717) is 7.85 Å². The fourth-order valence-corrected chi connectivity index (χ4v) is 3.31. The molecule has 3 rings (SSSR count). The van der Waals surface area contributed by atoms with Crippen LogP contribution in [0.2, 0.25) is 0 Å². The largest absolute Gasteiger partial charge is 0.290 e. The molecule has 2 heterocycles. The van der Waals surface area contributed by atoms with E-state index >= 15 is 0 Å². The average molecular weight is 490 g/mol. The van der Waals surface area contributed by atoms with Gasteiger partial charge >= 0.3 is 0 Å². The number of benzene rings is 1. The van der Waals surface area contributed by atoms with Gasteiger partial charge in [0.1, 0.15) is 0 Å². The van der Waals surface area contributed by atoms with E-state index in [-0.39, 0.29) is 12.0 Å². The number of nitrogens with zero attached hydrogens (tertiary/aromatic N) is 2. The van der Waals surface area contributed by atoms with Crippen LogP contribution in [0.25, 0.3) is 0 Å². The van der Waals surface area contributed by atoms with Gasteiger partial charge in [0, 0.05) is 5.56 Å². The van der Waals surface area contributed by atoms with Crippen molar-refractivity contribution in [3.8, 4) is 0 Å². The Morgan fingerprint density at radius 1 is 1.04 bits per heavy atom. The molecule has 2 aliphatic rings. The molecule has 11 heteroatoms. The maximum atomic E-state index is 12.9. The first kappa shape index (κ1) is 18.8. The molecule has 0 spiro atoms. The van der Waals surface area contributed by atoms with E-state index < -0.39 is 47.5 Å². The van der Waals surface area contributed by atoms with Gasteiger partial charge in [0.05, 0.1) is 45.1 Å². The summed E-state index contributed by atoms with van der Waals surface area (Å²) in [4.78, 5) is 70.8. The molecule has 2 aliphatic heterocycles. The van der Waals surface area contributed by atoms with Gasteiger partial charge in [-0.3, -0.25) is 24.0 Å². The highest BCUT2D eigenvalue weighted by atomic mass is 79.9. The molecule has 0 saturated carbocycles. The van der Waals surface area contributed by atoms with Crippen LogP contribution in [0.4, 0.5) is 0 Å². The van der Waals surface area contributed by atoms with Gasteiger partial charge in [0.2, 0.25) is 17.6 Å². The Labute approximate surface area is 163 Å². The minimum atomic E-state index is -2.29. The van der Waals surface area contributed by atoms with Crippen molar-refractivity contribution >= 4 is 61.7 Å². The van der Waals surface area contributed by atoms with Gasteiger partial charge in [-0.15, -0.1) is 0 Å². The molecule has 2 saturated heterocycles. The lowest BCUT2D eigenvalue weighted by Gasteiger charge is -2.24. The number of carbonyl (C=O) groups excluding carboxylic acids is 5. The molecule has 0 N–H and O–H groups in total. The zero-order valence-corrected chi connectivity index (χ0v) is 16.1. The van der Waals surface area contributed by atoms with Crippen LogP contribution in [0.15, 0.2) is 30.3 Å². The zero-order chi connectivity index (χ0) is 19.1. The fourth-order valence-electron chi connectivity index (χ4n) is 2.52. The maximum absolute atomic E-state index is 12.9. The summed E-state index contributed by atoms with van der Waals surface area (Å²) in [6.07, 6.45) is -2.29. The predicted octanol–water partition coefficient (Wildman–Crippen LogP) is 1.06. The summed E-state index contributed by atoms with van der Waals surface area (Å²) < 4.78 is 1.25. The number of hydrogen-bond acceptors (Lipinski definition) is 7. The highest BCUT2D eigenvalue weighted by molar-refractivity contribution is 9.08. The first-order valence-electron chi connectivity index (χ1n) is 7.28. The van der Waals surface area contributed by atoms with Crippen LogP contribution in [0.1, 0.15) is 23.2 Å². The summed E-state index contributed by atoms with van der Waals surface area (Å²) in [7, 11) is 0. The Balaban J connectivity index is 1.89. The third kappa shape index (κ3) is 3.00. The first-order valence-corrected chi connectivity index (χ1v) is 8.70. The Morgan fingerprint density at radius 3 is 2.19 bits per heavy atom. The lowest BCUT2D eigenvalue weighted by atomic mass is 9.91. The smallest absolute Gasteiger partial charge is 0.283 e. The number of halogens is 2. The second kappa shape index (κ2) is 6.99. The van der Waals surface area contributed by atoms with Crippen molar-refractivity contribution in [3.05, 3.63) is 35.9 Å². The van der Waals surface area contributed by atoms with E-state index in [9.17, 15) is 24.0 Å². The molecule has 0 radical (unpaired) electrons. The Kier molecular flexibility index (Phi) is 5.06. The van der Waals surface area contributed by atoms with Crippen LogP contribution in [0.3, 0.4) is 0 Å². The molecule has 1 aromatic rings. The van der Waals surface area contributed by atoms with Crippen molar-refractivity contribution in [1.29, 1.82) is 0 Å². The van der Waals surface area contributed by atoms with E-state index in [1.165, 1.54) is 12.1 Å². The molecule has 0 aliphatic carbocycles. The highest BCUT2D eigenvalue weighted by Crippen LogP contribution is 2.35. The number of imide groups is 2. The van der Waals surface area contributed by atoms with Crippen LogP contribution >= 0.6 is 32.3 Å². The summed E-state index contributed by atoms with van der Waals surface area (Å²) in [5.74, 6) is -3.80. The van der Waals surface area contributed by atoms with Gasteiger partial charge in [-0.25, -0.2) is 17.6 Å². The lowest BCUT2D eigenvalue weighted by Crippen LogP contribution is -2.48. The second-order valence-corrected chi connectivity index (χ2v) is 6.98. The first-order chi connectivity index (χ1) is 12.3. The molecule has 2 fully saturated rings. The number of hydrogen-bond donors (Lipinski definition) is 0. The van der Waals surface area contributed by atoms with Crippen molar-refractivity contribution in [1.82, 2.24) is 7.85 Å². The van der Waals surface area contributed by atoms with Gasteiger partial charge in [-0.2, -0.15) is 0 Å². The molecular weight excluding hydrogens is 480 g/mol. The molecule has 0 bridgehead atoms. The van der Waals surface area contributed by atoms with Gasteiger partial charge in [0.25, 0.3) is 17.4 Å². The van der Waals surface area contributed by atoms with Gasteiger partial charge < -0.3 is 0 Å². The van der Waals surface area contributed by atoms with Crippen molar-refractivity contribution < 1.29 is 33.7 Å². The number of amides is 4. The predicted molar refractivity (Wildman–Crippen MR) is 90.3 cm³/mol. The SMILES string of the molecule is O=C1CC(OOC2(C(=O)c3ccccc3)CC(=O)N(Br)C2=O)C(=O)N1Br. The number of Topliss-reactive ketones (excluding diaryl/α,β-unsaturated/α-hetero) is 1. The van der Waals surface area contributed by atoms with Crippen LogP contribution < -0.4 is 0 Å². The minimum Gasteiger partial charge on any atom is -0.290 e. The van der Waals surface area contributed by atoms with Gasteiger partial charge in [-0.1, -0.05) is 30.3 Å². The molecule has 2 unspecified atom stereocenters. The molecule has 26 heavy (non-hydrogen) atoms. The molecule has 4 amide bonds. The van der Waals surface area contributed by atoms with Crippen LogP contribution in [0.5, 0.6) is 0 Å². The van der Waals surface area contributed by atoms with E-state index in [2.05, 4.69) is 32.3 Å². The normalized spacial score (nSPS) is 26.2. The molecule has 2 atom stereocenters. The summed E-state index contributed by atoms with van der Waals surface area (Å²) in [6, 6.07) is 7.74. The fraction of sp³-hybridized carbons (Fsp3) is 0.267. The van der Waals surface area contributed by atoms with Crippen molar-refractivity contribution in [3.63, 3.8) is 0 Å². The van der Waals surface area contributed by atoms with E-state index in [4.69, 9.17) is 9.78 Å². The Hall–Kier alpha value is -1.95. The summed E-state index contributed by atoms with van der Waals surface area (Å²) >= 11 is 5.55. The molecule has 0 aromatic heterocycles. The number of carbonyl (C=O) groups is 5. The monoisotopic (exact) mass is 488 g/mol. The quantitative estimate of drug-likeness (QED) is 0.152. The van der Waals surface area contributed by atoms with Gasteiger partial charge in [-0.05, 0) is 0 Å². The van der Waals surface area contributed by atoms with E-state index in [0.717, 1.165) is 0 Å². The van der Waals surface area contributed by atoms with Crippen molar-refractivity contribution in [2.75, 3.05) is 0 Å². The number of rotatable bonds is 5. The van der Waals surface area contributed by atoms with E-state index in [1.807, 2.05) is 0 Å². The van der Waals surface area contributed by atoms with Crippen LogP contribution in [-0.2, 0) is 29.0 Å². The third-order valence-electron chi connectivity index (χ3n) is 3.90. The maximum Gasteiger partial charge on any atom is 0.283 e. The average Bonchev–Trinajstić information content (AvgIpc) is 3.02. The van der Waals surface area contributed by atoms with Gasteiger partial charge in [0.15, 0.2) is 6.10 Å². The van der Waals surface area contributed by atoms with Crippen LogP contribution in [-0.4, -0.2) is 49.0 Å². The lowest BCUT2D eigenvalue weighted by molar-refractivity contribution is -0.349.